The molecule has 0 amide bonds. The highest BCUT2D eigenvalue weighted by molar-refractivity contribution is 9.10. The Morgan fingerprint density at radius 2 is 1.95 bits per heavy atom. The molecule has 2 aromatic heterocycles. The first kappa shape index (κ1) is 13.4. The fourth-order valence-electron chi connectivity index (χ4n) is 1.86. The number of thioether (sulfide) groups is 1. The molecule has 0 saturated heterocycles. The average Bonchev–Trinajstić information content (AvgIpc) is 3.05. The van der Waals surface area contributed by atoms with Crippen molar-refractivity contribution in [3.05, 3.63) is 40.6 Å². The summed E-state index contributed by atoms with van der Waals surface area (Å²) in [6.45, 7) is 1.85. The van der Waals surface area contributed by atoms with Crippen LogP contribution in [0.2, 0.25) is 0 Å². The van der Waals surface area contributed by atoms with E-state index in [2.05, 4.69) is 31.3 Å². The lowest BCUT2D eigenvalue weighted by Gasteiger charge is -2.07. The third-order valence-corrected chi connectivity index (χ3v) is 3.92. The predicted octanol–water partition coefficient (Wildman–Crippen LogP) is 3.72. The molecule has 0 spiro atoms. The summed E-state index contributed by atoms with van der Waals surface area (Å²) in [5, 5.41) is 13.3. The highest BCUT2D eigenvalue weighted by Gasteiger charge is 2.17. The molecule has 0 aliphatic carbocycles. The number of rotatable bonds is 3. The molecule has 0 unspecified atom stereocenters. The molecule has 0 N–H and O–H groups in total. The number of hydrogen-bond acceptors (Lipinski definition) is 5. The molecule has 0 aliphatic rings. The molecule has 1 aromatic carbocycles. The van der Waals surface area contributed by atoms with Crippen molar-refractivity contribution in [1.82, 2.24) is 19.9 Å². The van der Waals surface area contributed by atoms with Gasteiger partial charge in [-0.25, -0.2) is 0 Å². The first-order valence-corrected chi connectivity index (χ1v) is 7.90. The summed E-state index contributed by atoms with van der Waals surface area (Å²) in [6, 6.07) is 9.82. The van der Waals surface area contributed by atoms with Gasteiger partial charge in [-0.1, -0.05) is 32.8 Å². The zero-order valence-corrected chi connectivity index (χ0v) is 13.3. The van der Waals surface area contributed by atoms with Gasteiger partial charge >= 0.3 is 0 Å². The van der Waals surface area contributed by atoms with Crippen molar-refractivity contribution in [2.24, 2.45) is 0 Å². The van der Waals surface area contributed by atoms with Gasteiger partial charge in [0.25, 0.3) is 0 Å². The number of hydrogen-bond donors (Lipinski definition) is 0. The number of benzene rings is 1. The Morgan fingerprint density at radius 3 is 2.55 bits per heavy atom. The van der Waals surface area contributed by atoms with Crippen LogP contribution in [0.5, 0.6) is 0 Å². The zero-order valence-electron chi connectivity index (χ0n) is 10.9. The Hall–Kier alpha value is -1.60. The van der Waals surface area contributed by atoms with Gasteiger partial charge in [0.1, 0.15) is 5.76 Å². The van der Waals surface area contributed by atoms with Crippen LogP contribution < -0.4 is 0 Å². The summed E-state index contributed by atoms with van der Waals surface area (Å²) in [5.74, 6) is 1.42. The van der Waals surface area contributed by atoms with Crippen LogP contribution in [-0.2, 0) is 0 Å². The molecule has 0 fully saturated rings. The number of halogens is 1. The van der Waals surface area contributed by atoms with Gasteiger partial charge < -0.3 is 4.52 Å². The SMILES string of the molecule is CSc1nnc(-c2cc(C)on2)n1-c1ccc(Br)cc1. The molecule has 102 valence electrons. The molecule has 7 heteroatoms. The van der Waals surface area contributed by atoms with Gasteiger partial charge in [0, 0.05) is 16.2 Å². The molecule has 20 heavy (non-hydrogen) atoms. The van der Waals surface area contributed by atoms with Crippen LogP contribution in [-0.4, -0.2) is 26.2 Å². The standard InChI is InChI=1S/C13H11BrN4OS/c1-8-7-11(17-19-8)12-15-16-13(20-2)18(12)10-5-3-9(14)4-6-10/h3-7H,1-2H3. The van der Waals surface area contributed by atoms with Crippen LogP contribution in [0.3, 0.4) is 0 Å². The van der Waals surface area contributed by atoms with Crippen LogP contribution in [0.4, 0.5) is 0 Å². The van der Waals surface area contributed by atoms with E-state index >= 15 is 0 Å². The van der Waals surface area contributed by atoms with E-state index in [4.69, 9.17) is 4.52 Å². The van der Waals surface area contributed by atoms with E-state index in [1.54, 1.807) is 0 Å². The van der Waals surface area contributed by atoms with Crippen molar-refractivity contribution >= 4 is 27.7 Å². The third-order valence-electron chi connectivity index (χ3n) is 2.76. The van der Waals surface area contributed by atoms with Gasteiger partial charge in [-0.15, -0.1) is 10.2 Å². The van der Waals surface area contributed by atoms with Crippen LogP contribution in [0.15, 0.2) is 44.5 Å². The molecular weight excluding hydrogens is 340 g/mol. The number of aryl methyl sites for hydroxylation is 1. The second-order valence-electron chi connectivity index (χ2n) is 4.14. The lowest BCUT2D eigenvalue weighted by atomic mass is 10.3. The minimum atomic E-state index is 0.675. The molecule has 5 nitrogen and oxygen atoms in total. The number of aromatic nitrogens is 4. The second kappa shape index (κ2) is 5.41. The van der Waals surface area contributed by atoms with Crippen LogP contribution in [0.1, 0.15) is 5.76 Å². The monoisotopic (exact) mass is 350 g/mol. The Labute approximate surface area is 128 Å². The van der Waals surface area contributed by atoms with E-state index < -0.39 is 0 Å². The van der Waals surface area contributed by atoms with Gasteiger partial charge in [0.15, 0.2) is 16.7 Å². The van der Waals surface area contributed by atoms with Gasteiger partial charge in [0.05, 0.1) is 0 Å². The Bertz CT molecular complexity index is 735. The summed E-state index contributed by atoms with van der Waals surface area (Å²) in [4.78, 5) is 0. The lowest BCUT2D eigenvalue weighted by molar-refractivity contribution is 0.399. The highest BCUT2D eigenvalue weighted by Crippen LogP contribution is 2.27. The first-order chi connectivity index (χ1) is 9.69. The molecular formula is C13H11BrN4OS. The molecule has 0 radical (unpaired) electrons. The molecule has 0 bridgehead atoms. The smallest absolute Gasteiger partial charge is 0.195 e. The third kappa shape index (κ3) is 2.38. The summed E-state index contributed by atoms with van der Waals surface area (Å²) in [5.41, 5.74) is 1.66. The molecule has 3 aromatic rings. The van der Waals surface area contributed by atoms with Crippen LogP contribution in [0, 0.1) is 6.92 Å². The highest BCUT2D eigenvalue weighted by atomic mass is 79.9. The normalized spacial score (nSPS) is 10.9. The van der Waals surface area contributed by atoms with Crippen molar-refractivity contribution in [3.8, 4) is 17.2 Å². The van der Waals surface area contributed by atoms with Gasteiger partial charge in [-0.2, -0.15) is 0 Å². The zero-order chi connectivity index (χ0) is 14.1. The van der Waals surface area contributed by atoms with E-state index in [9.17, 15) is 0 Å². The van der Waals surface area contributed by atoms with Gasteiger partial charge in [0.2, 0.25) is 0 Å². The number of nitrogens with zero attached hydrogens (tertiary/aromatic N) is 4. The van der Waals surface area contributed by atoms with E-state index in [0.717, 1.165) is 21.1 Å². The van der Waals surface area contributed by atoms with Gasteiger partial charge in [-0.3, -0.25) is 4.57 Å². The molecule has 0 saturated carbocycles. The summed E-state index contributed by atoms with van der Waals surface area (Å²) < 4.78 is 8.12. The van der Waals surface area contributed by atoms with Gasteiger partial charge in [-0.05, 0) is 37.4 Å². The maximum Gasteiger partial charge on any atom is 0.195 e. The van der Waals surface area contributed by atoms with Crippen molar-refractivity contribution in [2.45, 2.75) is 12.1 Å². The fraction of sp³-hybridized carbons (Fsp3) is 0.154. The first-order valence-electron chi connectivity index (χ1n) is 5.88. The minimum absolute atomic E-state index is 0.675. The molecule has 3 rings (SSSR count). The summed E-state index contributed by atoms with van der Waals surface area (Å²) in [6.07, 6.45) is 1.97. The molecule has 0 aliphatic heterocycles. The summed E-state index contributed by atoms with van der Waals surface area (Å²) in [7, 11) is 0. The topological polar surface area (TPSA) is 56.7 Å². The predicted molar refractivity (Wildman–Crippen MR) is 81.1 cm³/mol. The fourth-order valence-corrected chi connectivity index (χ4v) is 2.62. The maximum atomic E-state index is 5.13. The van der Waals surface area contributed by atoms with E-state index in [-0.39, 0.29) is 0 Å². The maximum absolute atomic E-state index is 5.13. The molecule has 0 atom stereocenters. The Balaban J connectivity index is 2.17. The largest absolute Gasteiger partial charge is 0.361 e. The average molecular weight is 351 g/mol. The minimum Gasteiger partial charge on any atom is -0.361 e. The second-order valence-corrected chi connectivity index (χ2v) is 5.83. The van der Waals surface area contributed by atoms with Crippen molar-refractivity contribution in [2.75, 3.05) is 6.26 Å². The van der Waals surface area contributed by atoms with E-state index in [1.165, 1.54) is 11.8 Å². The quantitative estimate of drug-likeness (QED) is 0.673. The van der Waals surface area contributed by atoms with Crippen LogP contribution in [0.25, 0.3) is 17.2 Å². The van der Waals surface area contributed by atoms with Crippen molar-refractivity contribution in [3.63, 3.8) is 0 Å². The van der Waals surface area contributed by atoms with Crippen molar-refractivity contribution in [1.29, 1.82) is 0 Å². The van der Waals surface area contributed by atoms with Crippen molar-refractivity contribution < 1.29 is 4.52 Å². The van der Waals surface area contributed by atoms with Crippen LogP contribution >= 0.6 is 27.7 Å². The van der Waals surface area contributed by atoms with E-state index in [1.807, 2.05) is 48.1 Å². The Morgan fingerprint density at radius 1 is 1.20 bits per heavy atom. The molecule has 2 heterocycles. The Kier molecular flexibility index (Phi) is 3.62. The summed E-state index contributed by atoms with van der Waals surface area (Å²) >= 11 is 4.97. The lowest BCUT2D eigenvalue weighted by Crippen LogP contribution is -1.99. The van der Waals surface area contributed by atoms with E-state index in [0.29, 0.717) is 11.5 Å².